The molecule has 0 unspecified atom stereocenters. The van der Waals surface area contributed by atoms with Gasteiger partial charge in [0.2, 0.25) is 0 Å². The van der Waals surface area contributed by atoms with Gasteiger partial charge in [0.25, 0.3) is 5.91 Å². The Balaban J connectivity index is 1.58. The molecule has 2 aromatic rings. The van der Waals surface area contributed by atoms with E-state index >= 15 is 0 Å². The SMILES string of the molecule is Cc1cccc(C)c1NC(=O)c1ccnc(NCCN2CCOCC2)c1. The molecule has 26 heavy (non-hydrogen) atoms. The maximum absolute atomic E-state index is 12.6. The predicted octanol–water partition coefficient (Wildman–Crippen LogP) is 2.69. The number of aromatic nitrogens is 1. The van der Waals surface area contributed by atoms with Crippen molar-refractivity contribution in [1.82, 2.24) is 9.88 Å². The number of nitrogens with zero attached hydrogens (tertiary/aromatic N) is 2. The molecule has 1 amide bonds. The second-order valence-corrected chi connectivity index (χ2v) is 6.53. The zero-order valence-electron chi connectivity index (χ0n) is 15.4. The molecule has 0 bridgehead atoms. The van der Waals surface area contributed by atoms with Gasteiger partial charge in [0, 0.05) is 43.6 Å². The van der Waals surface area contributed by atoms with E-state index in [1.54, 1.807) is 18.3 Å². The highest BCUT2D eigenvalue weighted by Gasteiger charge is 2.12. The van der Waals surface area contributed by atoms with Crippen LogP contribution in [-0.4, -0.2) is 55.2 Å². The zero-order chi connectivity index (χ0) is 18.4. The molecule has 1 saturated heterocycles. The van der Waals surface area contributed by atoms with Crippen molar-refractivity contribution in [3.8, 4) is 0 Å². The van der Waals surface area contributed by atoms with Crippen molar-refractivity contribution in [2.24, 2.45) is 0 Å². The average Bonchev–Trinajstić information content (AvgIpc) is 2.66. The minimum absolute atomic E-state index is 0.124. The molecule has 6 nitrogen and oxygen atoms in total. The number of carbonyl (C=O) groups is 1. The van der Waals surface area contributed by atoms with Crippen LogP contribution in [0, 0.1) is 13.8 Å². The summed E-state index contributed by atoms with van der Waals surface area (Å²) < 4.78 is 5.35. The van der Waals surface area contributed by atoms with Crippen LogP contribution in [0.2, 0.25) is 0 Å². The molecule has 1 aliphatic heterocycles. The van der Waals surface area contributed by atoms with Crippen molar-refractivity contribution < 1.29 is 9.53 Å². The highest BCUT2D eigenvalue weighted by molar-refractivity contribution is 6.05. The Hall–Kier alpha value is -2.44. The Morgan fingerprint density at radius 3 is 2.65 bits per heavy atom. The van der Waals surface area contributed by atoms with Gasteiger partial charge in [-0.25, -0.2) is 4.98 Å². The van der Waals surface area contributed by atoms with Crippen LogP contribution in [-0.2, 0) is 4.74 Å². The van der Waals surface area contributed by atoms with Gasteiger partial charge in [-0.3, -0.25) is 9.69 Å². The monoisotopic (exact) mass is 354 g/mol. The standard InChI is InChI=1S/C20H26N4O2/c1-15-4-3-5-16(2)19(15)23-20(25)17-6-7-21-18(14-17)22-8-9-24-10-12-26-13-11-24/h3-7,14H,8-13H2,1-2H3,(H,21,22)(H,23,25). The maximum atomic E-state index is 12.6. The molecule has 0 radical (unpaired) electrons. The van der Waals surface area contributed by atoms with Crippen LogP contribution < -0.4 is 10.6 Å². The van der Waals surface area contributed by atoms with Crippen LogP contribution >= 0.6 is 0 Å². The number of pyridine rings is 1. The molecule has 6 heteroatoms. The molecule has 0 aliphatic carbocycles. The van der Waals surface area contributed by atoms with E-state index in [2.05, 4.69) is 20.5 Å². The quantitative estimate of drug-likeness (QED) is 0.835. The highest BCUT2D eigenvalue weighted by Crippen LogP contribution is 2.20. The molecule has 2 heterocycles. The number of rotatable bonds is 6. The van der Waals surface area contributed by atoms with Crippen LogP contribution in [0.4, 0.5) is 11.5 Å². The smallest absolute Gasteiger partial charge is 0.255 e. The van der Waals surface area contributed by atoms with Gasteiger partial charge < -0.3 is 15.4 Å². The maximum Gasteiger partial charge on any atom is 0.255 e. The van der Waals surface area contributed by atoms with E-state index in [0.717, 1.165) is 56.2 Å². The summed E-state index contributed by atoms with van der Waals surface area (Å²) in [6.45, 7) is 9.24. The van der Waals surface area contributed by atoms with Crippen molar-refractivity contribution in [2.45, 2.75) is 13.8 Å². The van der Waals surface area contributed by atoms with E-state index < -0.39 is 0 Å². The third kappa shape index (κ3) is 4.80. The molecule has 0 atom stereocenters. The molecular formula is C20H26N4O2. The van der Waals surface area contributed by atoms with Gasteiger partial charge in [-0.1, -0.05) is 18.2 Å². The third-order valence-electron chi connectivity index (χ3n) is 4.58. The summed E-state index contributed by atoms with van der Waals surface area (Å²) >= 11 is 0. The van der Waals surface area contributed by atoms with E-state index in [4.69, 9.17) is 4.74 Å². The first-order chi connectivity index (χ1) is 12.6. The fourth-order valence-electron chi connectivity index (χ4n) is 3.03. The van der Waals surface area contributed by atoms with Crippen molar-refractivity contribution in [3.63, 3.8) is 0 Å². The normalized spacial score (nSPS) is 14.8. The molecule has 1 fully saturated rings. The number of carbonyl (C=O) groups excluding carboxylic acids is 1. The van der Waals surface area contributed by atoms with Crippen LogP contribution in [0.3, 0.4) is 0 Å². The summed E-state index contributed by atoms with van der Waals surface area (Å²) in [7, 11) is 0. The van der Waals surface area contributed by atoms with Gasteiger partial charge in [-0.15, -0.1) is 0 Å². The Morgan fingerprint density at radius 1 is 1.19 bits per heavy atom. The van der Waals surface area contributed by atoms with Gasteiger partial charge in [0.1, 0.15) is 5.82 Å². The summed E-state index contributed by atoms with van der Waals surface area (Å²) in [5.41, 5.74) is 3.57. The molecule has 138 valence electrons. The number of anilines is 2. The van der Waals surface area contributed by atoms with Crippen molar-refractivity contribution in [2.75, 3.05) is 50.0 Å². The highest BCUT2D eigenvalue weighted by atomic mass is 16.5. The summed E-state index contributed by atoms with van der Waals surface area (Å²) in [5, 5.41) is 6.31. The lowest BCUT2D eigenvalue weighted by Crippen LogP contribution is -2.39. The van der Waals surface area contributed by atoms with Gasteiger partial charge in [-0.2, -0.15) is 0 Å². The summed E-state index contributed by atoms with van der Waals surface area (Å²) in [6.07, 6.45) is 1.66. The van der Waals surface area contributed by atoms with Crippen LogP contribution in [0.15, 0.2) is 36.5 Å². The molecular weight excluding hydrogens is 328 g/mol. The Kier molecular flexibility index (Phi) is 6.20. The molecule has 1 aromatic carbocycles. The molecule has 1 aliphatic rings. The fourth-order valence-corrected chi connectivity index (χ4v) is 3.03. The van der Waals surface area contributed by atoms with Gasteiger partial charge in [0.05, 0.1) is 13.2 Å². The average molecular weight is 354 g/mol. The number of benzene rings is 1. The lowest BCUT2D eigenvalue weighted by molar-refractivity contribution is 0.0398. The molecule has 3 rings (SSSR count). The first-order valence-electron chi connectivity index (χ1n) is 9.01. The van der Waals surface area contributed by atoms with Crippen LogP contribution in [0.1, 0.15) is 21.5 Å². The molecule has 1 aromatic heterocycles. The Morgan fingerprint density at radius 2 is 1.92 bits per heavy atom. The lowest BCUT2D eigenvalue weighted by atomic mass is 10.1. The number of para-hydroxylation sites is 1. The van der Waals surface area contributed by atoms with Crippen molar-refractivity contribution in [1.29, 1.82) is 0 Å². The number of hydrogen-bond acceptors (Lipinski definition) is 5. The summed E-state index contributed by atoms with van der Waals surface area (Å²) in [6, 6.07) is 9.50. The lowest BCUT2D eigenvalue weighted by Gasteiger charge is -2.26. The van der Waals surface area contributed by atoms with Crippen molar-refractivity contribution >= 4 is 17.4 Å². The Labute approximate surface area is 154 Å². The van der Waals surface area contributed by atoms with Gasteiger partial charge in [-0.05, 0) is 37.1 Å². The second-order valence-electron chi connectivity index (χ2n) is 6.53. The van der Waals surface area contributed by atoms with Crippen LogP contribution in [0.5, 0.6) is 0 Å². The molecule has 0 saturated carbocycles. The molecule has 0 spiro atoms. The molecule has 2 N–H and O–H groups in total. The number of nitrogens with one attached hydrogen (secondary N) is 2. The topological polar surface area (TPSA) is 66.5 Å². The number of ether oxygens (including phenoxy) is 1. The largest absolute Gasteiger partial charge is 0.379 e. The van der Waals surface area contributed by atoms with E-state index in [1.807, 2.05) is 32.0 Å². The van der Waals surface area contributed by atoms with E-state index in [9.17, 15) is 4.79 Å². The minimum atomic E-state index is -0.124. The zero-order valence-corrected chi connectivity index (χ0v) is 15.4. The number of morpholine rings is 1. The van der Waals surface area contributed by atoms with E-state index in [-0.39, 0.29) is 5.91 Å². The summed E-state index contributed by atoms with van der Waals surface area (Å²) in [5.74, 6) is 0.591. The Bertz CT molecular complexity index is 737. The predicted molar refractivity (Wildman–Crippen MR) is 104 cm³/mol. The van der Waals surface area contributed by atoms with Gasteiger partial charge >= 0.3 is 0 Å². The first kappa shape index (κ1) is 18.4. The second kappa shape index (κ2) is 8.78. The number of amides is 1. The first-order valence-corrected chi connectivity index (χ1v) is 9.01. The van der Waals surface area contributed by atoms with Gasteiger partial charge in [0.15, 0.2) is 0 Å². The minimum Gasteiger partial charge on any atom is -0.379 e. The fraction of sp³-hybridized carbons (Fsp3) is 0.400. The van der Waals surface area contributed by atoms with Crippen molar-refractivity contribution in [3.05, 3.63) is 53.2 Å². The van der Waals surface area contributed by atoms with E-state index in [0.29, 0.717) is 11.4 Å². The third-order valence-corrected chi connectivity index (χ3v) is 4.58. The number of hydrogen-bond donors (Lipinski definition) is 2. The van der Waals surface area contributed by atoms with Crippen LogP contribution in [0.25, 0.3) is 0 Å². The number of aryl methyl sites for hydroxylation is 2. The van der Waals surface area contributed by atoms with E-state index in [1.165, 1.54) is 0 Å². The summed E-state index contributed by atoms with van der Waals surface area (Å²) in [4.78, 5) is 19.3.